The summed E-state index contributed by atoms with van der Waals surface area (Å²) in [6.45, 7) is 2.33. The second kappa shape index (κ2) is 11.4. The molecule has 0 aromatic heterocycles. The third-order valence-electron chi connectivity index (χ3n) is 8.24. The number of rotatable bonds is 7. The van der Waals surface area contributed by atoms with Crippen molar-refractivity contribution in [2.24, 2.45) is 11.8 Å². The van der Waals surface area contributed by atoms with E-state index in [0.29, 0.717) is 11.5 Å². The van der Waals surface area contributed by atoms with Crippen molar-refractivity contribution in [3.05, 3.63) is 59.4 Å². The minimum absolute atomic E-state index is 0.00556. The molecule has 2 aromatic carbocycles. The van der Waals surface area contributed by atoms with E-state index in [-0.39, 0.29) is 8.80 Å². The van der Waals surface area contributed by atoms with E-state index >= 15 is 0 Å². The van der Waals surface area contributed by atoms with Gasteiger partial charge >= 0.3 is 6.18 Å². The first-order chi connectivity index (χ1) is 16.3. The lowest BCUT2D eigenvalue weighted by Gasteiger charge is -2.31. The predicted molar refractivity (Wildman–Crippen MR) is 134 cm³/mol. The highest BCUT2D eigenvalue weighted by atomic mass is 28.3. The predicted octanol–water partition coefficient (Wildman–Crippen LogP) is 9.88. The molecular weight excluding hydrogens is 452 g/mol. The molecule has 1 aliphatic heterocycles. The molecule has 1 heterocycles. The van der Waals surface area contributed by atoms with Crippen LogP contribution in [0.25, 0.3) is 11.1 Å². The highest BCUT2D eigenvalue weighted by Gasteiger charge is 2.34. The molecule has 0 amide bonds. The molecule has 4 rings (SSSR count). The maximum Gasteiger partial charge on any atom is 0.419 e. The Hall–Kier alpha value is -1.62. The summed E-state index contributed by atoms with van der Waals surface area (Å²) >= 11 is 0. The molecule has 0 nitrogen and oxygen atoms in total. The lowest BCUT2D eigenvalue weighted by molar-refractivity contribution is -0.139. The molecule has 0 N–H and O–H groups in total. The van der Waals surface area contributed by atoms with Gasteiger partial charge in [-0.2, -0.15) is 13.2 Å². The van der Waals surface area contributed by atoms with Crippen LogP contribution in [-0.2, 0) is 6.18 Å². The molecule has 5 heteroatoms. The van der Waals surface area contributed by atoms with E-state index in [1.807, 2.05) is 12.1 Å². The van der Waals surface area contributed by atoms with Gasteiger partial charge in [-0.15, -0.1) is 0 Å². The van der Waals surface area contributed by atoms with Crippen LogP contribution >= 0.6 is 0 Å². The smallest absolute Gasteiger partial charge is 0.206 e. The van der Waals surface area contributed by atoms with Gasteiger partial charge in [-0.3, -0.25) is 0 Å². The number of hydrogen-bond acceptors (Lipinski definition) is 0. The van der Waals surface area contributed by atoms with Gasteiger partial charge in [0.15, 0.2) is 0 Å². The van der Waals surface area contributed by atoms with Gasteiger partial charge in [0.1, 0.15) is 5.82 Å². The van der Waals surface area contributed by atoms with Crippen molar-refractivity contribution < 1.29 is 17.6 Å². The van der Waals surface area contributed by atoms with Crippen LogP contribution < -0.4 is 0 Å². The zero-order valence-electron chi connectivity index (χ0n) is 20.3. The van der Waals surface area contributed by atoms with Crippen molar-refractivity contribution in [2.45, 2.75) is 94.9 Å². The van der Waals surface area contributed by atoms with E-state index in [0.717, 1.165) is 29.5 Å². The van der Waals surface area contributed by atoms with E-state index in [1.54, 1.807) is 12.1 Å². The van der Waals surface area contributed by atoms with Gasteiger partial charge in [0, 0.05) is 8.80 Å². The fourth-order valence-corrected chi connectivity index (χ4v) is 9.20. The maximum atomic E-state index is 13.9. The van der Waals surface area contributed by atoms with Crippen molar-refractivity contribution in [1.29, 1.82) is 0 Å². The van der Waals surface area contributed by atoms with E-state index in [9.17, 15) is 17.6 Å². The van der Waals surface area contributed by atoms with Crippen LogP contribution in [0.4, 0.5) is 17.6 Å². The molecular formula is C29H37F4Si. The highest BCUT2D eigenvalue weighted by Crippen LogP contribution is 2.40. The summed E-state index contributed by atoms with van der Waals surface area (Å²) in [5.74, 6) is 1.19. The standard InChI is InChI=1S/C29H37F4Si/c1-2-17-34-18-15-22(16-19-34)4-3-21-5-7-23(8-6-21)24-9-11-25(12-10-24)26-13-14-27(28(30)20-26)29(31,32)33/h9-14,20-23H,2-8,15-19H2,1H3. The van der Waals surface area contributed by atoms with Crippen LogP contribution in [0.2, 0.25) is 18.1 Å². The number of hydrogen-bond donors (Lipinski definition) is 0. The number of alkyl halides is 3. The van der Waals surface area contributed by atoms with Crippen LogP contribution in [-0.4, -0.2) is 8.80 Å². The fraction of sp³-hybridized carbons (Fsp3) is 0.586. The third kappa shape index (κ3) is 6.53. The maximum absolute atomic E-state index is 13.9. The normalized spacial score (nSPS) is 22.7. The Morgan fingerprint density at radius 1 is 0.794 bits per heavy atom. The van der Waals surface area contributed by atoms with Gasteiger partial charge in [0.25, 0.3) is 0 Å². The first-order valence-electron chi connectivity index (χ1n) is 13.1. The minimum Gasteiger partial charge on any atom is -0.206 e. The van der Waals surface area contributed by atoms with Gasteiger partial charge in [-0.1, -0.05) is 87.5 Å². The van der Waals surface area contributed by atoms with Crippen LogP contribution in [0.3, 0.4) is 0 Å². The largest absolute Gasteiger partial charge is 0.419 e. The molecule has 0 atom stereocenters. The van der Waals surface area contributed by atoms with Crippen LogP contribution in [0.5, 0.6) is 0 Å². The average molecular weight is 490 g/mol. The molecule has 1 saturated heterocycles. The SMILES string of the molecule is CCC[Si]1CCC(CCC2CCC(c3ccc(-c4ccc(C(F)(F)F)c(F)c4)cc3)CC2)CC1. The van der Waals surface area contributed by atoms with E-state index in [4.69, 9.17) is 0 Å². The second-order valence-electron chi connectivity index (χ2n) is 10.6. The van der Waals surface area contributed by atoms with Gasteiger partial charge in [-0.05, 0) is 72.3 Å². The molecule has 1 radical (unpaired) electrons. The van der Waals surface area contributed by atoms with Crippen LogP contribution in [0, 0.1) is 17.7 Å². The van der Waals surface area contributed by atoms with Crippen molar-refractivity contribution in [3.8, 4) is 11.1 Å². The van der Waals surface area contributed by atoms with Gasteiger partial charge in [0.2, 0.25) is 0 Å². The summed E-state index contributed by atoms with van der Waals surface area (Å²) < 4.78 is 52.4. The summed E-state index contributed by atoms with van der Waals surface area (Å²) in [7, 11) is -0.00556. The third-order valence-corrected chi connectivity index (χ3v) is 11.4. The lowest BCUT2D eigenvalue weighted by atomic mass is 9.76. The van der Waals surface area contributed by atoms with Gasteiger partial charge in [-0.25, -0.2) is 4.39 Å². The monoisotopic (exact) mass is 489 g/mol. The first kappa shape index (κ1) is 25.5. The first-order valence-corrected chi connectivity index (χ1v) is 15.3. The molecule has 34 heavy (non-hydrogen) atoms. The quantitative estimate of drug-likeness (QED) is 0.268. The summed E-state index contributed by atoms with van der Waals surface area (Å²) in [5.41, 5.74) is 1.31. The molecule has 1 saturated carbocycles. The van der Waals surface area contributed by atoms with Crippen molar-refractivity contribution in [2.75, 3.05) is 0 Å². The summed E-state index contributed by atoms with van der Waals surface area (Å²) in [5, 5.41) is 0. The van der Waals surface area contributed by atoms with E-state index < -0.39 is 17.6 Å². The second-order valence-corrected chi connectivity index (χ2v) is 13.6. The Balaban J connectivity index is 1.25. The van der Waals surface area contributed by atoms with E-state index in [1.165, 1.54) is 75.5 Å². The Morgan fingerprint density at radius 2 is 1.38 bits per heavy atom. The molecule has 185 valence electrons. The Morgan fingerprint density at radius 3 is 1.94 bits per heavy atom. The summed E-state index contributed by atoms with van der Waals surface area (Å²) in [6, 6.07) is 15.8. The fourth-order valence-electron chi connectivity index (χ4n) is 6.11. The van der Waals surface area contributed by atoms with Crippen molar-refractivity contribution in [1.82, 2.24) is 0 Å². The average Bonchev–Trinajstić information content (AvgIpc) is 2.83. The van der Waals surface area contributed by atoms with Crippen molar-refractivity contribution >= 4 is 8.80 Å². The Bertz CT molecular complexity index is 905. The molecule has 1 aliphatic carbocycles. The molecule has 2 aliphatic rings. The number of benzene rings is 2. The molecule has 0 bridgehead atoms. The van der Waals surface area contributed by atoms with Crippen molar-refractivity contribution in [3.63, 3.8) is 0 Å². The van der Waals surface area contributed by atoms with Crippen LogP contribution in [0.15, 0.2) is 42.5 Å². The lowest BCUT2D eigenvalue weighted by Crippen LogP contribution is -2.22. The Kier molecular flexibility index (Phi) is 8.55. The topological polar surface area (TPSA) is 0 Å². The number of halogens is 4. The van der Waals surface area contributed by atoms with E-state index in [2.05, 4.69) is 19.1 Å². The molecule has 0 unspecified atom stereocenters. The summed E-state index contributed by atoms with van der Waals surface area (Å²) in [4.78, 5) is 0. The van der Waals surface area contributed by atoms with Gasteiger partial charge < -0.3 is 0 Å². The Labute approximate surface area is 203 Å². The molecule has 0 spiro atoms. The van der Waals surface area contributed by atoms with Crippen LogP contribution in [0.1, 0.15) is 81.8 Å². The van der Waals surface area contributed by atoms with Gasteiger partial charge in [0.05, 0.1) is 5.56 Å². The zero-order valence-corrected chi connectivity index (χ0v) is 21.3. The highest BCUT2D eigenvalue weighted by molar-refractivity contribution is 6.58. The molecule has 2 fully saturated rings. The molecule has 2 aromatic rings. The zero-order chi connectivity index (χ0) is 24.1. The summed E-state index contributed by atoms with van der Waals surface area (Å²) in [6.07, 6.45) is 7.53. The minimum atomic E-state index is -4.67.